The Bertz CT molecular complexity index is 716. The number of aromatic nitrogens is 3. The molecule has 0 bridgehead atoms. The molecule has 0 atom stereocenters. The van der Waals surface area contributed by atoms with Crippen LogP contribution in [-0.4, -0.2) is 33.6 Å². The molecule has 7 nitrogen and oxygen atoms in total. The van der Waals surface area contributed by atoms with Gasteiger partial charge in [0.15, 0.2) is 5.82 Å². The molecular weight excluding hydrogens is 278 g/mol. The Kier molecular flexibility index (Phi) is 4.02. The number of nitrogens with one attached hydrogen (secondary N) is 2. The van der Waals surface area contributed by atoms with Gasteiger partial charge in [0.25, 0.3) is 0 Å². The molecule has 2 aromatic heterocycles. The average molecular weight is 297 g/mol. The molecule has 0 aliphatic heterocycles. The molecule has 3 rings (SSSR count). The lowest BCUT2D eigenvalue weighted by Crippen LogP contribution is -2.44. The molecule has 0 amide bonds. The Morgan fingerprint density at radius 3 is 2.91 bits per heavy atom. The monoisotopic (exact) mass is 297 g/mol. The fourth-order valence-electron chi connectivity index (χ4n) is 2.50. The molecule has 0 unspecified atom stereocenters. The van der Waals surface area contributed by atoms with Crippen LogP contribution >= 0.6 is 0 Å². The van der Waals surface area contributed by atoms with Gasteiger partial charge in [0.05, 0.1) is 0 Å². The van der Waals surface area contributed by atoms with Crippen LogP contribution in [0.4, 0.5) is 11.8 Å². The van der Waals surface area contributed by atoms with Crippen LogP contribution in [0.1, 0.15) is 31.9 Å². The minimum Gasteiger partial charge on any atom is -0.368 e. The topological polar surface area (TPSA) is 113 Å². The van der Waals surface area contributed by atoms with E-state index in [1.54, 1.807) is 12.3 Å². The fourth-order valence-corrected chi connectivity index (χ4v) is 2.50. The summed E-state index contributed by atoms with van der Waals surface area (Å²) in [5, 5.41) is 16.4. The minimum absolute atomic E-state index is 0.277. The Labute approximate surface area is 129 Å². The maximum absolute atomic E-state index is 9.08. The summed E-state index contributed by atoms with van der Waals surface area (Å²) in [6.07, 6.45) is 4.57. The number of fused-ring (bicyclic) bond motifs is 1. The van der Waals surface area contributed by atoms with Gasteiger partial charge in [-0.1, -0.05) is 6.92 Å². The first kappa shape index (κ1) is 14.5. The maximum atomic E-state index is 9.08. The molecule has 0 aromatic carbocycles. The van der Waals surface area contributed by atoms with E-state index in [1.165, 1.54) is 0 Å². The number of nitrogens with zero attached hydrogens (tertiary/aromatic N) is 4. The van der Waals surface area contributed by atoms with Gasteiger partial charge in [-0.25, -0.2) is 15.0 Å². The molecule has 1 saturated carbocycles. The van der Waals surface area contributed by atoms with Crippen LogP contribution in [0.15, 0.2) is 12.3 Å². The normalized spacial score (nSPS) is 20.2. The number of rotatable bonds is 5. The SMILES string of the molecule is CCCNc1nc(C#N)cc2cnc(NC3CC(N)C3)nc12. The minimum atomic E-state index is 0.277. The second-order valence-corrected chi connectivity index (χ2v) is 5.60. The first-order valence-corrected chi connectivity index (χ1v) is 7.53. The Hall–Kier alpha value is -2.46. The van der Waals surface area contributed by atoms with Crippen molar-refractivity contribution in [1.82, 2.24) is 15.0 Å². The lowest BCUT2D eigenvalue weighted by molar-refractivity contribution is 0.372. The van der Waals surface area contributed by atoms with Crippen molar-refractivity contribution in [3.8, 4) is 6.07 Å². The van der Waals surface area contributed by atoms with Gasteiger partial charge in [-0.15, -0.1) is 0 Å². The number of hydrogen-bond acceptors (Lipinski definition) is 7. The van der Waals surface area contributed by atoms with E-state index in [2.05, 4.69) is 38.6 Å². The van der Waals surface area contributed by atoms with Crippen molar-refractivity contribution in [2.75, 3.05) is 17.2 Å². The van der Waals surface area contributed by atoms with E-state index in [1.807, 2.05) is 0 Å². The van der Waals surface area contributed by atoms with Crippen molar-refractivity contribution < 1.29 is 0 Å². The van der Waals surface area contributed by atoms with E-state index in [0.717, 1.165) is 36.7 Å². The largest absolute Gasteiger partial charge is 0.368 e. The summed E-state index contributed by atoms with van der Waals surface area (Å²) in [5.41, 5.74) is 6.88. The summed E-state index contributed by atoms with van der Waals surface area (Å²) >= 11 is 0. The van der Waals surface area contributed by atoms with Gasteiger partial charge in [0, 0.05) is 30.2 Å². The van der Waals surface area contributed by atoms with Crippen LogP contribution in [-0.2, 0) is 0 Å². The summed E-state index contributed by atoms with van der Waals surface area (Å²) in [7, 11) is 0. The fraction of sp³-hybridized carbons (Fsp3) is 0.467. The summed E-state index contributed by atoms with van der Waals surface area (Å²) in [6.45, 7) is 2.85. The summed E-state index contributed by atoms with van der Waals surface area (Å²) < 4.78 is 0. The van der Waals surface area contributed by atoms with Crippen molar-refractivity contribution in [3.63, 3.8) is 0 Å². The lowest BCUT2D eigenvalue weighted by atomic mass is 9.88. The Balaban J connectivity index is 1.92. The zero-order valence-electron chi connectivity index (χ0n) is 12.5. The Morgan fingerprint density at radius 1 is 1.41 bits per heavy atom. The van der Waals surface area contributed by atoms with Crippen LogP contribution in [0.2, 0.25) is 0 Å². The molecule has 114 valence electrons. The highest BCUT2D eigenvalue weighted by Crippen LogP contribution is 2.24. The van der Waals surface area contributed by atoms with Crippen LogP contribution < -0.4 is 16.4 Å². The number of nitrogens with two attached hydrogens (primary N) is 1. The van der Waals surface area contributed by atoms with Crippen molar-refractivity contribution in [2.24, 2.45) is 5.73 Å². The summed E-state index contributed by atoms with van der Waals surface area (Å²) in [4.78, 5) is 13.2. The van der Waals surface area contributed by atoms with Gasteiger partial charge in [-0.05, 0) is 25.3 Å². The van der Waals surface area contributed by atoms with Crippen molar-refractivity contribution in [2.45, 2.75) is 38.3 Å². The highest BCUT2D eigenvalue weighted by atomic mass is 15.1. The molecule has 4 N–H and O–H groups in total. The lowest BCUT2D eigenvalue weighted by Gasteiger charge is -2.32. The van der Waals surface area contributed by atoms with E-state index in [9.17, 15) is 0 Å². The van der Waals surface area contributed by atoms with Gasteiger partial charge in [-0.3, -0.25) is 0 Å². The molecule has 1 fully saturated rings. The zero-order valence-corrected chi connectivity index (χ0v) is 12.5. The van der Waals surface area contributed by atoms with E-state index >= 15 is 0 Å². The second-order valence-electron chi connectivity index (χ2n) is 5.60. The Morgan fingerprint density at radius 2 is 2.23 bits per heavy atom. The van der Waals surface area contributed by atoms with Crippen molar-refractivity contribution in [3.05, 3.63) is 18.0 Å². The van der Waals surface area contributed by atoms with Crippen molar-refractivity contribution in [1.29, 1.82) is 5.26 Å². The van der Waals surface area contributed by atoms with E-state index in [4.69, 9.17) is 11.0 Å². The molecule has 22 heavy (non-hydrogen) atoms. The zero-order chi connectivity index (χ0) is 15.5. The molecule has 0 spiro atoms. The predicted octanol–water partition coefficient (Wildman–Crippen LogP) is 1.62. The van der Waals surface area contributed by atoms with Gasteiger partial charge in [-0.2, -0.15) is 5.26 Å². The molecule has 2 heterocycles. The van der Waals surface area contributed by atoms with E-state index in [-0.39, 0.29) is 6.04 Å². The molecule has 0 saturated heterocycles. The first-order chi connectivity index (χ1) is 10.7. The second kappa shape index (κ2) is 6.12. The van der Waals surface area contributed by atoms with Crippen LogP contribution in [0.5, 0.6) is 0 Å². The maximum Gasteiger partial charge on any atom is 0.223 e. The van der Waals surface area contributed by atoms with E-state index < -0.39 is 0 Å². The van der Waals surface area contributed by atoms with Gasteiger partial charge in [0.2, 0.25) is 5.95 Å². The smallest absolute Gasteiger partial charge is 0.223 e. The number of anilines is 2. The van der Waals surface area contributed by atoms with Gasteiger partial charge < -0.3 is 16.4 Å². The molecule has 7 heteroatoms. The molecule has 2 aromatic rings. The van der Waals surface area contributed by atoms with Gasteiger partial charge >= 0.3 is 0 Å². The first-order valence-electron chi connectivity index (χ1n) is 7.53. The third-order valence-electron chi connectivity index (χ3n) is 3.73. The quantitative estimate of drug-likeness (QED) is 0.768. The standard InChI is InChI=1S/C15H19N7/c1-2-3-18-14-13-9(4-12(7-16)20-14)8-19-15(22-13)21-11-5-10(17)6-11/h4,8,10-11H,2-3,5-6,17H2,1H3,(H,18,20)(H,19,21,22). The number of pyridine rings is 1. The third kappa shape index (κ3) is 2.92. The predicted molar refractivity (Wildman–Crippen MR) is 85.4 cm³/mol. The highest BCUT2D eigenvalue weighted by molar-refractivity contribution is 5.89. The average Bonchev–Trinajstić information content (AvgIpc) is 2.51. The number of nitriles is 1. The summed E-state index contributed by atoms with van der Waals surface area (Å²) in [6, 6.07) is 4.39. The van der Waals surface area contributed by atoms with Crippen LogP contribution in [0.25, 0.3) is 10.9 Å². The summed E-state index contributed by atoms with van der Waals surface area (Å²) in [5.74, 6) is 1.21. The molecule has 0 radical (unpaired) electrons. The third-order valence-corrected chi connectivity index (χ3v) is 3.73. The van der Waals surface area contributed by atoms with E-state index in [0.29, 0.717) is 23.5 Å². The van der Waals surface area contributed by atoms with Crippen LogP contribution in [0, 0.1) is 11.3 Å². The van der Waals surface area contributed by atoms with Crippen LogP contribution in [0.3, 0.4) is 0 Å². The molecule has 1 aliphatic carbocycles. The van der Waals surface area contributed by atoms with Crippen molar-refractivity contribution >= 4 is 22.7 Å². The van der Waals surface area contributed by atoms with Gasteiger partial charge in [0.1, 0.15) is 17.3 Å². The number of hydrogen-bond donors (Lipinski definition) is 3. The molecular formula is C15H19N7. The molecule has 1 aliphatic rings. The highest BCUT2D eigenvalue weighted by Gasteiger charge is 2.26.